The number of carbonyl (C=O) groups excluding carboxylic acids is 2. The summed E-state index contributed by atoms with van der Waals surface area (Å²) in [6.07, 6.45) is 10.3. The Balaban J connectivity index is 2.00. The third-order valence-electron chi connectivity index (χ3n) is 3.33. The zero-order valence-corrected chi connectivity index (χ0v) is 8.98. The van der Waals surface area contributed by atoms with Crippen molar-refractivity contribution in [1.82, 2.24) is 0 Å². The molecule has 2 heteroatoms. The number of ketones is 2. The van der Waals surface area contributed by atoms with Gasteiger partial charge < -0.3 is 0 Å². The minimum atomic E-state index is -0.318. The van der Waals surface area contributed by atoms with Crippen LogP contribution in [0.25, 0.3) is 0 Å². The molecule has 1 fully saturated rings. The molecule has 0 radical (unpaired) electrons. The van der Waals surface area contributed by atoms with Gasteiger partial charge in [-0.2, -0.15) is 0 Å². The summed E-state index contributed by atoms with van der Waals surface area (Å²) in [4.78, 5) is 23.3. The highest BCUT2D eigenvalue weighted by molar-refractivity contribution is 6.09. The topological polar surface area (TPSA) is 34.1 Å². The molecule has 3 unspecified atom stereocenters. The van der Waals surface area contributed by atoms with Crippen LogP contribution in [0.5, 0.6) is 0 Å². The van der Waals surface area contributed by atoms with Gasteiger partial charge in [-0.15, -0.1) is 0 Å². The second-order valence-corrected chi connectivity index (χ2v) is 4.57. The van der Waals surface area contributed by atoms with Crippen LogP contribution in [-0.2, 0) is 9.59 Å². The first kappa shape index (κ1) is 10.3. The van der Waals surface area contributed by atoms with E-state index in [0.717, 1.165) is 6.42 Å². The summed E-state index contributed by atoms with van der Waals surface area (Å²) in [5.74, 6) is 0.309. The molecule has 0 spiro atoms. The summed E-state index contributed by atoms with van der Waals surface area (Å²) < 4.78 is 0. The van der Waals surface area contributed by atoms with Gasteiger partial charge >= 0.3 is 0 Å². The molecular formula is C13H16O2. The van der Waals surface area contributed by atoms with Gasteiger partial charge in [-0.3, -0.25) is 9.59 Å². The average molecular weight is 204 g/mol. The van der Waals surface area contributed by atoms with E-state index < -0.39 is 0 Å². The van der Waals surface area contributed by atoms with Gasteiger partial charge in [-0.25, -0.2) is 0 Å². The molecule has 0 aliphatic heterocycles. The summed E-state index contributed by atoms with van der Waals surface area (Å²) in [7, 11) is 0. The minimum absolute atomic E-state index is 0.0504. The average Bonchev–Trinajstić information content (AvgIpc) is 2.47. The fourth-order valence-electron chi connectivity index (χ4n) is 2.40. The fraction of sp³-hybridized carbons (Fsp3) is 0.538. The van der Waals surface area contributed by atoms with Crippen LogP contribution in [0.4, 0.5) is 0 Å². The molecule has 0 amide bonds. The maximum absolute atomic E-state index is 11.7. The molecule has 0 aromatic heterocycles. The van der Waals surface area contributed by atoms with Crippen molar-refractivity contribution in [3.8, 4) is 0 Å². The molecule has 15 heavy (non-hydrogen) atoms. The molecule has 0 heterocycles. The smallest absolute Gasteiger partial charge is 0.146 e. The predicted molar refractivity (Wildman–Crippen MR) is 58.3 cm³/mol. The van der Waals surface area contributed by atoms with Gasteiger partial charge in [0.1, 0.15) is 11.6 Å². The van der Waals surface area contributed by atoms with E-state index in [9.17, 15) is 9.59 Å². The van der Waals surface area contributed by atoms with Crippen LogP contribution in [0.1, 0.15) is 26.2 Å². The maximum Gasteiger partial charge on any atom is 0.146 e. The van der Waals surface area contributed by atoms with E-state index in [1.54, 1.807) is 0 Å². The lowest BCUT2D eigenvalue weighted by atomic mass is 9.87. The number of rotatable bonds is 2. The van der Waals surface area contributed by atoms with Crippen LogP contribution in [0, 0.1) is 17.8 Å². The highest BCUT2D eigenvalue weighted by Crippen LogP contribution is 2.31. The van der Waals surface area contributed by atoms with E-state index in [1.807, 2.05) is 19.1 Å². The van der Waals surface area contributed by atoms with Gasteiger partial charge in [-0.1, -0.05) is 31.2 Å². The molecule has 0 saturated heterocycles. The Morgan fingerprint density at radius 1 is 1.33 bits per heavy atom. The van der Waals surface area contributed by atoms with Crippen molar-refractivity contribution in [3.05, 3.63) is 24.3 Å². The van der Waals surface area contributed by atoms with Gasteiger partial charge in [0.2, 0.25) is 0 Å². The van der Waals surface area contributed by atoms with Crippen molar-refractivity contribution in [3.63, 3.8) is 0 Å². The lowest BCUT2D eigenvalue weighted by molar-refractivity contribution is -0.128. The molecule has 2 nitrogen and oxygen atoms in total. The zero-order valence-electron chi connectivity index (χ0n) is 8.98. The molecule has 3 atom stereocenters. The van der Waals surface area contributed by atoms with Crippen LogP contribution >= 0.6 is 0 Å². The van der Waals surface area contributed by atoms with Gasteiger partial charge in [0.05, 0.1) is 5.92 Å². The quantitative estimate of drug-likeness (QED) is 0.647. The van der Waals surface area contributed by atoms with E-state index in [4.69, 9.17) is 0 Å². The van der Waals surface area contributed by atoms with E-state index in [2.05, 4.69) is 12.2 Å². The summed E-state index contributed by atoms with van der Waals surface area (Å²) in [6, 6.07) is 0. The molecule has 0 aromatic carbocycles. The van der Waals surface area contributed by atoms with Crippen LogP contribution < -0.4 is 0 Å². The summed E-state index contributed by atoms with van der Waals surface area (Å²) in [6.45, 7) is 1.86. The number of Topliss-reactive ketones (excluding diaryl/α,β-unsaturated/α-hetero) is 2. The second-order valence-electron chi connectivity index (χ2n) is 4.57. The van der Waals surface area contributed by atoms with Crippen LogP contribution in [-0.4, -0.2) is 11.6 Å². The van der Waals surface area contributed by atoms with E-state index in [1.165, 1.54) is 0 Å². The zero-order chi connectivity index (χ0) is 10.8. The second kappa shape index (κ2) is 4.13. The molecule has 2 rings (SSSR count). The lowest BCUT2D eigenvalue weighted by Crippen LogP contribution is -2.19. The standard InChI is InChI=1S/C13H16O2/c1-9-7-12(14)11(13(9)15)8-10-5-3-2-4-6-10/h2-5,9-11H,6-8H2,1H3. The SMILES string of the molecule is CC1CC(=O)C(CC2C=CC=CC2)C1=O. The first-order valence-electron chi connectivity index (χ1n) is 5.58. The molecule has 2 aliphatic carbocycles. The van der Waals surface area contributed by atoms with Crippen LogP contribution in [0.15, 0.2) is 24.3 Å². The first-order chi connectivity index (χ1) is 7.18. The summed E-state index contributed by atoms with van der Waals surface area (Å²) in [5, 5.41) is 0. The Morgan fingerprint density at radius 2 is 2.13 bits per heavy atom. The van der Waals surface area contributed by atoms with Crippen molar-refractivity contribution in [2.24, 2.45) is 17.8 Å². The monoisotopic (exact) mass is 204 g/mol. The Bertz CT molecular complexity index is 338. The number of hydrogen-bond donors (Lipinski definition) is 0. The molecular weight excluding hydrogens is 188 g/mol. The van der Waals surface area contributed by atoms with E-state index >= 15 is 0 Å². The predicted octanol–water partition coefficient (Wildman–Crippen LogP) is 2.30. The van der Waals surface area contributed by atoms with Crippen molar-refractivity contribution < 1.29 is 9.59 Å². The lowest BCUT2D eigenvalue weighted by Gasteiger charge is -2.15. The first-order valence-corrected chi connectivity index (χ1v) is 5.58. The third kappa shape index (κ3) is 2.09. The Morgan fingerprint density at radius 3 is 2.67 bits per heavy atom. The number of hydrogen-bond acceptors (Lipinski definition) is 2. The minimum Gasteiger partial charge on any atom is -0.299 e. The van der Waals surface area contributed by atoms with Gasteiger partial charge in [0.15, 0.2) is 0 Å². The number of allylic oxidation sites excluding steroid dienone is 4. The Hall–Kier alpha value is -1.18. The van der Waals surface area contributed by atoms with Crippen molar-refractivity contribution in [2.45, 2.75) is 26.2 Å². The normalized spacial score (nSPS) is 35.1. The molecule has 0 N–H and O–H groups in total. The van der Waals surface area contributed by atoms with Gasteiger partial charge in [-0.05, 0) is 18.8 Å². The molecule has 0 bridgehead atoms. The van der Waals surface area contributed by atoms with Crippen LogP contribution in [0.3, 0.4) is 0 Å². The third-order valence-corrected chi connectivity index (χ3v) is 3.33. The fourth-order valence-corrected chi connectivity index (χ4v) is 2.40. The highest BCUT2D eigenvalue weighted by Gasteiger charge is 2.39. The van der Waals surface area contributed by atoms with E-state index in [-0.39, 0.29) is 23.4 Å². The van der Waals surface area contributed by atoms with Gasteiger partial charge in [0, 0.05) is 12.3 Å². The Labute approximate surface area is 90.1 Å². The van der Waals surface area contributed by atoms with Gasteiger partial charge in [0.25, 0.3) is 0 Å². The maximum atomic E-state index is 11.7. The number of carbonyl (C=O) groups is 2. The van der Waals surface area contributed by atoms with Crippen molar-refractivity contribution in [2.75, 3.05) is 0 Å². The summed E-state index contributed by atoms with van der Waals surface area (Å²) in [5.41, 5.74) is 0. The van der Waals surface area contributed by atoms with Crippen molar-refractivity contribution >= 4 is 11.6 Å². The highest BCUT2D eigenvalue weighted by atomic mass is 16.2. The molecule has 0 aromatic rings. The largest absolute Gasteiger partial charge is 0.299 e. The molecule has 1 saturated carbocycles. The molecule has 2 aliphatic rings. The molecule has 80 valence electrons. The summed E-state index contributed by atoms with van der Waals surface area (Å²) >= 11 is 0. The van der Waals surface area contributed by atoms with Crippen molar-refractivity contribution in [1.29, 1.82) is 0 Å². The van der Waals surface area contributed by atoms with Crippen LogP contribution in [0.2, 0.25) is 0 Å². The van der Waals surface area contributed by atoms with E-state index in [0.29, 0.717) is 18.8 Å². The Kier molecular flexibility index (Phi) is 2.85.